The van der Waals surface area contributed by atoms with E-state index in [2.05, 4.69) is 79.3 Å². The summed E-state index contributed by atoms with van der Waals surface area (Å²) in [5, 5.41) is 25.8. The summed E-state index contributed by atoms with van der Waals surface area (Å²) >= 11 is 0. The number of hydrogen-bond donors (Lipinski definition) is 0. The van der Waals surface area contributed by atoms with Gasteiger partial charge in [-0.1, -0.05) is 31.2 Å². The first-order valence-corrected chi connectivity index (χ1v) is 10.8. The second-order valence-electron chi connectivity index (χ2n) is 10.5. The van der Waals surface area contributed by atoms with Crippen LogP contribution in [0.15, 0.2) is 40.1 Å². The Hall–Kier alpha value is -2.38. The van der Waals surface area contributed by atoms with Gasteiger partial charge in [-0.2, -0.15) is 10.2 Å². The van der Waals surface area contributed by atoms with Crippen molar-refractivity contribution in [1.29, 1.82) is 0 Å². The molecule has 2 unspecified atom stereocenters. The van der Waals surface area contributed by atoms with Gasteiger partial charge in [0.1, 0.15) is 0 Å². The van der Waals surface area contributed by atoms with Gasteiger partial charge in [0.15, 0.2) is 0 Å². The van der Waals surface area contributed by atoms with E-state index in [-0.39, 0.29) is 22.5 Å². The van der Waals surface area contributed by atoms with Crippen LogP contribution in [0.3, 0.4) is 0 Å². The summed E-state index contributed by atoms with van der Waals surface area (Å²) in [6.45, 7) is 17.6. The molecule has 0 spiro atoms. The van der Waals surface area contributed by atoms with Gasteiger partial charge in [-0.15, -0.1) is 10.2 Å². The molecule has 2 atom stereocenters. The van der Waals surface area contributed by atoms with Crippen molar-refractivity contribution in [3.8, 4) is 0 Å². The van der Waals surface area contributed by atoms with Gasteiger partial charge in [0.25, 0.3) is 0 Å². The highest BCUT2D eigenvalue weighted by Crippen LogP contribution is 2.41. The number of nitrogens with zero attached hydrogens (tertiary/aromatic N) is 8. The molecule has 30 heavy (non-hydrogen) atoms. The van der Waals surface area contributed by atoms with E-state index in [1.165, 1.54) is 5.57 Å². The van der Waals surface area contributed by atoms with Crippen LogP contribution in [0.1, 0.15) is 79.8 Å². The number of aromatic nitrogens is 6. The normalized spacial score (nSPS) is 19.5. The predicted molar refractivity (Wildman–Crippen MR) is 117 cm³/mol. The van der Waals surface area contributed by atoms with E-state index >= 15 is 0 Å². The van der Waals surface area contributed by atoms with Gasteiger partial charge >= 0.3 is 0 Å². The van der Waals surface area contributed by atoms with Crippen molar-refractivity contribution in [2.45, 2.75) is 98.2 Å². The zero-order valence-corrected chi connectivity index (χ0v) is 19.7. The quantitative estimate of drug-likeness (QED) is 0.607. The molecule has 0 fully saturated rings. The van der Waals surface area contributed by atoms with Crippen molar-refractivity contribution in [1.82, 2.24) is 30.0 Å². The van der Waals surface area contributed by atoms with Crippen LogP contribution in [0.4, 0.5) is 0 Å². The van der Waals surface area contributed by atoms with Crippen LogP contribution in [0, 0.1) is 12.3 Å². The molecule has 0 aliphatic carbocycles. The first kappa shape index (κ1) is 22.3. The molecule has 0 aromatic carbocycles. The largest absolute Gasteiger partial charge is 0.247 e. The molecule has 0 saturated heterocycles. The third kappa shape index (κ3) is 4.52. The van der Waals surface area contributed by atoms with E-state index in [1.807, 2.05) is 28.7 Å². The van der Waals surface area contributed by atoms with Crippen LogP contribution < -0.4 is 0 Å². The Kier molecular flexibility index (Phi) is 5.98. The molecule has 0 amide bonds. The molecule has 0 saturated carbocycles. The van der Waals surface area contributed by atoms with Crippen molar-refractivity contribution >= 4 is 0 Å². The third-order valence-electron chi connectivity index (χ3n) is 6.38. The number of aryl methyl sites for hydroxylation is 1. The third-order valence-corrected chi connectivity index (χ3v) is 6.38. The Morgan fingerprint density at radius 2 is 1.67 bits per heavy atom. The molecule has 0 radical (unpaired) electrons. The second kappa shape index (κ2) is 8.04. The minimum atomic E-state index is -0.169. The fourth-order valence-corrected chi connectivity index (χ4v) is 4.62. The molecule has 2 aromatic rings. The van der Waals surface area contributed by atoms with Gasteiger partial charge in [0, 0.05) is 6.20 Å². The molecule has 1 aliphatic rings. The standard InChI is InChI=1S/C22H36N8/c1-16-15-24-28-30(16)21(6,7)11-12-22(8,29-14-13-23-27-29)10-9-18-19(20(3,4)5)17(2)25-26-18/h13-15,18H,9-12H2,1-8H3. The lowest BCUT2D eigenvalue weighted by Gasteiger charge is -2.35. The highest BCUT2D eigenvalue weighted by molar-refractivity contribution is 5.26. The van der Waals surface area contributed by atoms with Crippen LogP contribution in [0.25, 0.3) is 0 Å². The molecule has 3 heterocycles. The Bertz CT molecular complexity index is 913. The predicted octanol–water partition coefficient (Wildman–Crippen LogP) is 5.04. The molecular formula is C22H36N8. The van der Waals surface area contributed by atoms with E-state index in [9.17, 15) is 0 Å². The fourth-order valence-electron chi connectivity index (χ4n) is 4.62. The zero-order chi connectivity index (χ0) is 22.2. The van der Waals surface area contributed by atoms with Gasteiger partial charge in [0.2, 0.25) is 0 Å². The second-order valence-corrected chi connectivity index (χ2v) is 10.5. The smallest absolute Gasteiger partial charge is 0.0949 e. The van der Waals surface area contributed by atoms with E-state index < -0.39 is 0 Å². The monoisotopic (exact) mass is 412 g/mol. The Labute approximate surface area is 179 Å². The molecular weight excluding hydrogens is 376 g/mol. The summed E-state index contributed by atoms with van der Waals surface area (Å²) < 4.78 is 4.03. The number of hydrogen-bond acceptors (Lipinski definition) is 6. The van der Waals surface area contributed by atoms with E-state index in [0.717, 1.165) is 37.1 Å². The van der Waals surface area contributed by atoms with Crippen LogP contribution in [0.5, 0.6) is 0 Å². The van der Waals surface area contributed by atoms with Crippen LogP contribution >= 0.6 is 0 Å². The molecule has 0 bridgehead atoms. The molecule has 1 aliphatic heterocycles. The summed E-state index contributed by atoms with van der Waals surface area (Å²) in [5.41, 5.74) is 3.25. The SMILES string of the molecule is CC1=C(C(C)(C)C)C(CCC(C)(CCC(C)(C)n2nncc2C)n2ccnn2)N=N1. The number of rotatable bonds is 8. The lowest BCUT2D eigenvalue weighted by Crippen LogP contribution is -2.37. The summed E-state index contributed by atoms with van der Waals surface area (Å²) in [5.74, 6) is 0. The Balaban J connectivity index is 1.77. The maximum absolute atomic E-state index is 4.59. The average molecular weight is 413 g/mol. The van der Waals surface area contributed by atoms with Crippen LogP contribution in [-0.2, 0) is 11.1 Å². The Morgan fingerprint density at radius 1 is 0.933 bits per heavy atom. The topological polar surface area (TPSA) is 86.1 Å². The number of azo groups is 1. The maximum Gasteiger partial charge on any atom is 0.0949 e. The molecule has 2 aromatic heterocycles. The van der Waals surface area contributed by atoms with E-state index in [4.69, 9.17) is 0 Å². The summed E-state index contributed by atoms with van der Waals surface area (Å²) in [6, 6.07) is 0.137. The fraction of sp³-hybridized carbons (Fsp3) is 0.727. The van der Waals surface area contributed by atoms with Crippen molar-refractivity contribution in [3.05, 3.63) is 35.6 Å². The first-order valence-electron chi connectivity index (χ1n) is 10.8. The molecule has 0 N–H and O–H groups in total. The maximum atomic E-state index is 4.59. The van der Waals surface area contributed by atoms with E-state index in [1.54, 1.807) is 6.20 Å². The first-order chi connectivity index (χ1) is 13.9. The van der Waals surface area contributed by atoms with Gasteiger partial charge in [-0.05, 0) is 71.3 Å². The van der Waals surface area contributed by atoms with Crippen molar-refractivity contribution < 1.29 is 0 Å². The minimum absolute atomic E-state index is 0.0640. The van der Waals surface area contributed by atoms with Gasteiger partial charge in [-0.3, -0.25) is 0 Å². The molecule has 164 valence electrons. The Morgan fingerprint density at radius 3 is 2.23 bits per heavy atom. The van der Waals surface area contributed by atoms with E-state index in [0.29, 0.717) is 0 Å². The average Bonchev–Trinajstić information content (AvgIpc) is 3.38. The lowest BCUT2D eigenvalue weighted by atomic mass is 9.78. The molecule has 8 nitrogen and oxygen atoms in total. The summed E-state index contributed by atoms with van der Waals surface area (Å²) in [6.07, 6.45) is 9.30. The van der Waals surface area contributed by atoms with Crippen molar-refractivity contribution in [2.75, 3.05) is 0 Å². The van der Waals surface area contributed by atoms with Gasteiger partial charge in [0.05, 0.1) is 40.9 Å². The van der Waals surface area contributed by atoms with Crippen molar-refractivity contribution in [2.24, 2.45) is 15.6 Å². The minimum Gasteiger partial charge on any atom is -0.247 e. The van der Waals surface area contributed by atoms with Gasteiger partial charge in [-0.25, -0.2) is 9.36 Å². The number of allylic oxidation sites excluding steroid dienone is 1. The summed E-state index contributed by atoms with van der Waals surface area (Å²) in [7, 11) is 0. The zero-order valence-electron chi connectivity index (χ0n) is 19.7. The summed E-state index contributed by atoms with van der Waals surface area (Å²) in [4.78, 5) is 0. The lowest BCUT2D eigenvalue weighted by molar-refractivity contribution is 0.176. The van der Waals surface area contributed by atoms with Gasteiger partial charge < -0.3 is 0 Å². The van der Waals surface area contributed by atoms with Crippen LogP contribution in [0.2, 0.25) is 0 Å². The van der Waals surface area contributed by atoms with Crippen molar-refractivity contribution in [3.63, 3.8) is 0 Å². The highest BCUT2D eigenvalue weighted by atomic mass is 15.5. The molecule has 3 rings (SSSR count). The highest BCUT2D eigenvalue weighted by Gasteiger charge is 2.36. The van der Waals surface area contributed by atoms with Crippen LogP contribution in [-0.4, -0.2) is 36.0 Å². The molecule has 8 heteroatoms.